The summed E-state index contributed by atoms with van der Waals surface area (Å²) in [6.45, 7) is 5.48. The SMILES string of the molecule is OCCN(CCCCc1ccccc1)Cc1cccc(CN(CCO)CCCCc2ccccc2)c1. The van der Waals surface area contributed by atoms with Gasteiger partial charge in [0.15, 0.2) is 0 Å². The largest absolute Gasteiger partial charge is 0.395 e. The molecule has 4 heteroatoms. The Morgan fingerprint density at radius 2 is 0.861 bits per heavy atom. The van der Waals surface area contributed by atoms with Crippen molar-refractivity contribution >= 4 is 0 Å². The molecule has 0 saturated heterocycles. The lowest BCUT2D eigenvalue weighted by molar-refractivity contribution is 0.186. The maximum atomic E-state index is 9.59. The summed E-state index contributed by atoms with van der Waals surface area (Å²) in [7, 11) is 0. The van der Waals surface area contributed by atoms with Crippen LogP contribution in [-0.4, -0.2) is 59.4 Å². The Hall–Kier alpha value is -2.50. The van der Waals surface area contributed by atoms with E-state index in [1.807, 2.05) is 0 Å². The Balaban J connectivity index is 1.45. The molecule has 36 heavy (non-hydrogen) atoms. The van der Waals surface area contributed by atoms with Gasteiger partial charge >= 0.3 is 0 Å². The Morgan fingerprint density at radius 1 is 0.444 bits per heavy atom. The number of hydrogen-bond donors (Lipinski definition) is 2. The van der Waals surface area contributed by atoms with Gasteiger partial charge in [-0.2, -0.15) is 0 Å². The van der Waals surface area contributed by atoms with E-state index in [1.165, 1.54) is 22.3 Å². The van der Waals surface area contributed by atoms with Crippen LogP contribution in [-0.2, 0) is 25.9 Å². The molecular formula is C32H44N2O2. The summed E-state index contributed by atoms with van der Waals surface area (Å²) in [5.74, 6) is 0. The van der Waals surface area contributed by atoms with E-state index in [0.29, 0.717) is 13.1 Å². The van der Waals surface area contributed by atoms with Crippen molar-refractivity contribution in [2.45, 2.75) is 51.6 Å². The zero-order valence-corrected chi connectivity index (χ0v) is 21.8. The van der Waals surface area contributed by atoms with Crippen molar-refractivity contribution in [2.24, 2.45) is 0 Å². The number of aliphatic hydroxyl groups is 2. The van der Waals surface area contributed by atoms with Gasteiger partial charge in [-0.1, -0.05) is 84.9 Å². The topological polar surface area (TPSA) is 46.9 Å². The number of nitrogens with zero attached hydrogens (tertiary/aromatic N) is 2. The second-order valence-electron chi connectivity index (χ2n) is 9.70. The number of rotatable bonds is 18. The second-order valence-corrected chi connectivity index (χ2v) is 9.70. The molecule has 0 amide bonds. The third kappa shape index (κ3) is 11.0. The second kappa shape index (κ2) is 17.0. The lowest BCUT2D eigenvalue weighted by Crippen LogP contribution is -2.28. The van der Waals surface area contributed by atoms with Crippen LogP contribution in [0.15, 0.2) is 84.9 Å². The molecule has 0 aliphatic carbocycles. The summed E-state index contributed by atoms with van der Waals surface area (Å²) >= 11 is 0. The van der Waals surface area contributed by atoms with Gasteiger partial charge in [0.05, 0.1) is 13.2 Å². The molecule has 0 unspecified atom stereocenters. The zero-order chi connectivity index (χ0) is 25.3. The normalized spacial score (nSPS) is 11.4. The highest BCUT2D eigenvalue weighted by Gasteiger charge is 2.09. The monoisotopic (exact) mass is 488 g/mol. The van der Waals surface area contributed by atoms with E-state index in [1.54, 1.807) is 0 Å². The summed E-state index contributed by atoms with van der Waals surface area (Å²) < 4.78 is 0. The summed E-state index contributed by atoms with van der Waals surface area (Å²) in [6, 6.07) is 30.1. The van der Waals surface area contributed by atoms with E-state index in [4.69, 9.17) is 0 Å². The lowest BCUT2D eigenvalue weighted by atomic mass is 10.1. The molecule has 0 aliphatic rings. The standard InChI is InChI=1S/C32H44N2O2/c35-24-22-33(20-9-7-16-29-12-3-1-4-13-29)27-31-18-11-19-32(26-31)28-34(23-25-36)21-10-8-17-30-14-5-2-6-15-30/h1-6,11-15,18-19,26,35-36H,7-10,16-17,20-25,27-28H2. The maximum Gasteiger partial charge on any atom is 0.0558 e. The first-order valence-electron chi connectivity index (χ1n) is 13.6. The molecule has 3 aromatic carbocycles. The molecule has 0 spiro atoms. The van der Waals surface area contributed by atoms with Gasteiger partial charge in [0, 0.05) is 26.2 Å². The number of aryl methyl sites for hydroxylation is 2. The average Bonchev–Trinajstić information content (AvgIpc) is 2.91. The first kappa shape index (κ1) is 28.1. The van der Waals surface area contributed by atoms with E-state index >= 15 is 0 Å². The smallest absolute Gasteiger partial charge is 0.0558 e. The van der Waals surface area contributed by atoms with Crippen molar-refractivity contribution in [3.8, 4) is 0 Å². The Morgan fingerprint density at radius 3 is 1.28 bits per heavy atom. The summed E-state index contributed by atoms with van der Waals surface area (Å²) in [4.78, 5) is 4.72. The van der Waals surface area contributed by atoms with Gasteiger partial charge in [-0.3, -0.25) is 9.80 Å². The van der Waals surface area contributed by atoms with Crippen molar-refractivity contribution in [2.75, 3.05) is 39.4 Å². The van der Waals surface area contributed by atoms with Gasteiger partial charge in [0.25, 0.3) is 0 Å². The Labute approximate surface area is 218 Å². The number of aliphatic hydroxyl groups excluding tert-OH is 2. The minimum absolute atomic E-state index is 0.186. The number of unbranched alkanes of at least 4 members (excludes halogenated alkanes) is 2. The van der Waals surface area contributed by atoms with E-state index in [9.17, 15) is 10.2 Å². The van der Waals surface area contributed by atoms with Crippen molar-refractivity contribution in [3.63, 3.8) is 0 Å². The lowest BCUT2D eigenvalue weighted by Gasteiger charge is -2.23. The van der Waals surface area contributed by atoms with Gasteiger partial charge in [-0.05, 0) is 73.9 Å². The molecule has 2 N–H and O–H groups in total. The molecule has 0 radical (unpaired) electrons. The van der Waals surface area contributed by atoms with Crippen LogP contribution >= 0.6 is 0 Å². The Kier molecular flexibility index (Phi) is 13.3. The van der Waals surface area contributed by atoms with Crippen molar-refractivity contribution < 1.29 is 10.2 Å². The first-order valence-corrected chi connectivity index (χ1v) is 13.6. The third-order valence-electron chi connectivity index (χ3n) is 6.70. The maximum absolute atomic E-state index is 9.59. The molecule has 4 nitrogen and oxygen atoms in total. The van der Waals surface area contributed by atoms with Crippen LogP contribution in [0, 0.1) is 0 Å². The first-order chi connectivity index (χ1) is 17.8. The van der Waals surface area contributed by atoms with Crippen LogP contribution in [0.1, 0.15) is 47.9 Å². The predicted molar refractivity (Wildman–Crippen MR) is 150 cm³/mol. The quantitative estimate of drug-likeness (QED) is 0.238. The van der Waals surface area contributed by atoms with E-state index < -0.39 is 0 Å². The summed E-state index contributed by atoms with van der Waals surface area (Å²) in [5.41, 5.74) is 5.37. The van der Waals surface area contributed by atoms with E-state index in [2.05, 4.69) is 94.7 Å². The van der Waals surface area contributed by atoms with Crippen molar-refractivity contribution in [1.82, 2.24) is 9.80 Å². The molecule has 0 saturated carbocycles. The molecule has 194 valence electrons. The van der Waals surface area contributed by atoms with Crippen molar-refractivity contribution in [3.05, 3.63) is 107 Å². The van der Waals surface area contributed by atoms with Crippen LogP contribution in [0.2, 0.25) is 0 Å². The third-order valence-corrected chi connectivity index (χ3v) is 6.70. The van der Waals surface area contributed by atoms with Crippen LogP contribution in [0.4, 0.5) is 0 Å². The highest BCUT2D eigenvalue weighted by atomic mass is 16.3. The minimum Gasteiger partial charge on any atom is -0.395 e. The van der Waals surface area contributed by atoms with Crippen LogP contribution < -0.4 is 0 Å². The van der Waals surface area contributed by atoms with E-state index in [0.717, 1.165) is 64.7 Å². The molecule has 0 aliphatic heterocycles. The highest BCUT2D eigenvalue weighted by Crippen LogP contribution is 2.13. The van der Waals surface area contributed by atoms with Gasteiger partial charge in [-0.15, -0.1) is 0 Å². The fourth-order valence-electron chi connectivity index (χ4n) is 4.78. The number of hydrogen-bond acceptors (Lipinski definition) is 4. The summed E-state index contributed by atoms with van der Waals surface area (Å²) in [6.07, 6.45) is 6.78. The van der Waals surface area contributed by atoms with Crippen LogP contribution in [0.3, 0.4) is 0 Å². The number of benzene rings is 3. The fraction of sp³-hybridized carbons (Fsp3) is 0.438. The van der Waals surface area contributed by atoms with Gasteiger partial charge in [0.1, 0.15) is 0 Å². The molecule has 0 atom stereocenters. The van der Waals surface area contributed by atoms with Crippen LogP contribution in [0.25, 0.3) is 0 Å². The van der Waals surface area contributed by atoms with Gasteiger partial charge in [-0.25, -0.2) is 0 Å². The zero-order valence-electron chi connectivity index (χ0n) is 21.8. The molecule has 0 bridgehead atoms. The highest BCUT2D eigenvalue weighted by molar-refractivity contribution is 5.23. The van der Waals surface area contributed by atoms with Gasteiger partial charge in [0.2, 0.25) is 0 Å². The average molecular weight is 489 g/mol. The van der Waals surface area contributed by atoms with Crippen molar-refractivity contribution in [1.29, 1.82) is 0 Å². The predicted octanol–water partition coefficient (Wildman–Crippen LogP) is 5.32. The molecule has 3 rings (SSSR count). The molecule has 0 fully saturated rings. The van der Waals surface area contributed by atoms with E-state index in [-0.39, 0.29) is 13.2 Å². The van der Waals surface area contributed by atoms with Crippen LogP contribution in [0.5, 0.6) is 0 Å². The molecule has 0 heterocycles. The molecular weight excluding hydrogens is 444 g/mol. The molecule has 0 aromatic heterocycles. The Bertz CT molecular complexity index is 874. The molecule has 3 aromatic rings. The minimum atomic E-state index is 0.186. The fourth-order valence-corrected chi connectivity index (χ4v) is 4.78. The van der Waals surface area contributed by atoms with Gasteiger partial charge < -0.3 is 10.2 Å². The summed E-state index contributed by atoms with van der Waals surface area (Å²) in [5, 5.41) is 19.2.